The molecular formula is C38H22N4O2. The van der Waals surface area contributed by atoms with E-state index in [4.69, 9.17) is 8.83 Å². The largest absolute Gasteiger partial charge is 0.416 e. The lowest BCUT2D eigenvalue weighted by Gasteiger charge is -2.17. The van der Waals surface area contributed by atoms with Crippen molar-refractivity contribution in [3.05, 3.63) is 133 Å². The second kappa shape index (κ2) is 9.71. The zero-order chi connectivity index (χ0) is 29.0. The Morgan fingerprint density at radius 1 is 0.318 bits per heavy atom. The Labute approximate surface area is 251 Å². The summed E-state index contributed by atoms with van der Waals surface area (Å²) >= 11 is 0. The summed E-state index contributed by atoms with van der Waals surface area (Å²) in [4.78, 5) is 0. The monoisotopic (exact) mass is 566 g/mol. The first-order valence-corrected chi connectivity index (χ1v) is 14.4. The van der Waals surface area contributed by atoms with Crippen LogP contribution in [0.4, 0.5) is 0 Å². The van der Waals surface area contributed by atoms with Gasteiger partial charge < -0.3 is 8.83 Å². The minimum absolute atomic E-state index is 0.383. The van der Waals surface area contributed by atoms with E-state index in [1.54, 1.807) is 0 Å². The molecule has 44 heavy (non-hydrogen) atoms. The predicted octanol–water partition coefficient (Wildman–Crippen LogP) is 9.73. The van der Waals surface area contributed by atoms with Gasteiger partial charge in [-0.15, -0.1) is 20.4 Å². The SMILES string of the molecule is c1ccc(-c2nnc(-c3c(-c4nnc(-c5ccccc5)o4)c4ccc5ccccc5c4c4c3ccc3ccccc34)o2)cc1. The van der Waals surface area contributed by atoms with E-state index in [9.17, 15) is 0 Å². The molecule has 9 rings (SSSR count). The van der Waals surface area contributed by atoms with Gasteiger partial charge in [0.1, 0.15) is 0 Å². The van der Waals surface area contributed by atoms with Crippen LogP contribution in [0.2, 0.25) is 0 Å². The van der Waals surface area contributed by atoms with E-state index in [-0.39, 0.29) is 0 Å². The van der Waals surface area contributed by atoms with Gasteiger partial charge in [0.05, 0.1) is 11.1 Å². The number of nitrogens with zero attached hydrogens (tertiary/aromatic N) is 4. The number of fused-ring (bicyclic) bond motifs is 7. The molecule has 206 valence electrons. The first-order valence-electron chi connectivity index (χ1n) is 14.4. The summed E-state index contributed by atoms with van der Waals surface area (Å²) in [5.74, 6) is 1.64. The van der Waals surface area contributed by atoms with Crippen LogP contribution in [0.1, 0.15) is 0 Å². The summed E-state index contributed by atoms with van der Waals surface area (Å²) < 4.78 is 12.9. The number of hydrogen-bond donors (Lipinski definition) is 0. The van der Waals surface area contributed by atoms with E-state index >= 15 is 0 Å². The fourth-order valence-corrected chi connectivity index (χ4v) is 6.26. The summed E-state index contributed by atoms with van der Waals surface area (Å²) in [5, 5.41) is 26.9. The first kappa shape index (κ1) is 24.5. The third kappa shape index (κ3) is 3.75. The van der Waals surface area contributed by atoms with Gasteiger partial charge in [0.15, 0.2) is 0 Å². The van der Waals surface area contributed by atoms with Crippen molar-refractivity contribution in [2.45, 2.75) is 0 Å². The summed E-state index contributed by atoms with van der Waals surface area (Å²) in [5.41, 5.74) is 3.20. The van der Waals surface area contributed by atoms with Crippen molar-refractivity contribution in [3.63, 3.8) is 0 Å². The molecule has 0 aliphatic heterocycles. The smallest absolute Gasteiger partial charge is 0.249 e. The molecule has 0 radical (unpaired) electrons. The fraction of sp³-hybridized carbons (Fsp3) is 0. The van der Waals surface area contributed by atoms with E-state index in [1.165, 1.54) is 0 Å². The maximum Gasteiger partial charge on any atom is 0.249 e. The van der Waals surface area contributed by atoms with E-state index in [0.29, 0.717) is 23.6 Å². The lowest BCUT2D eigenvalue weighted by atomic mass is 9.86. The number of aromatic nitrogens is 4. The molecule has 7 aromatic carbocycles. The molecule has 0 saturated heterocycles. The highest BCUT2D eigenvalue weighted by Gasteiger charge is 2.27. The second-order valence-corrected chi connectivity index (χ2v) is 10.7. The molecule has 0 bridgehead atoms. The van der Waals surface area contributed by atoms with E-state index in [1.807, 2.05) is 60.7 Å². The molecular weight excluding hydrogens is 544 g/mol. The molecule has 0 atom stereocenters. The Morgan fingerprint density at radius 3 is 1.16 bits per heavy atom. The van der Waals surface area contributed by atoms with Gasteiger partial charge in [0.2, 0.25) is 23.6 Å². The van der Waals surface area contributed by atoms with Crippen molar-refractivity contribution in [1.29, 1.82) is 0 Å². The van der Waals surface area contributed by atoms with Gasteiger partial charge >= 0.3 is 0 Å². The first-order chi connectivity index (χ1) is 21.8. The minimum Gasteiger partial charge on any atom is -0.416 e. The van der Waals surface area contributed by atoms with Gasteiger partial charge in [0.25, 0.3) is 0 Å². The van der Waals surface area contributed by atoms with E-state index < -0.39 is 0 Å². The lowest BCUT2D eigenvalue weighted by molar-refractivity contribution is 0.578. The van der Waals surface area contributed by atoms with Crippen molar-refractivity contribution in [2.24, 2.45) is 0 Å². The van der Waals surface area contributed by atoms with E-state index in [2.05, 4.69) is 93.2 Å². The van der Waals surface area contributed by atoms with Crippen LogP contribution >= 0.6 is 0 Å². The lowest BCUT2D eigenvalue weighted by Crippen LogP contribution is -1.94. The van der Waals surface area contributed by atoms with Crippen LogP contribution in [-0.4, -0.2) is 20.4 Å². The Kier molecular flexibility index (Phi) is 5.40. The molecule has 0 N–H and O–H groups in total. The second-order valence-electron chi connectivity index (χ2n) is 10.7. The zero-order valence-electron chi connectivity index (χ0n) is 23.3. The molecule has 2 aromatic heterocycles. The molecule has 6 heteroatoms. The Hall–Kier alpha value is -6.14. The molecule has 0 fully saturated rings. The Bertz CT molecular complexity index is 2320. The molecule has 0 amide bonds. The van der Waals surface area contributed by atoms with Crippen LogP contribution < -0.4 is 0 Å². The third-order valence-electron chi connectivity index (χ3n) is 8.22. The van der Waals surface area contributed by atoms with Crippen molar-refractivity contribution in [1.82, 2.24) is 20.4 Å². The summed E-state index contributed by atoms with van der Waals surface area (Å²) in [6.45, 7) is 0. The van der Waals surface area contributed by atoms with Gasteiger partial charge in [-0.25, -0.2) is 0 Å². The molecule has 0 unspecified atom stereocenters. The van der Waals surface area contributed by atoms with Crippen LogP contribution in [0.15, 0.2) is 142 Å². The number of benzene rings is 7. The van der Waals surface area contributed by atoms with Crippen molar-refractivity contribution in [2.75, 3.05) is 0 Å². The number of hydrogen-bond acceptors (Lipinski definition) is 6. The maximum atomic E-state index is 6.45. The van der Waals surface area contributed by atoms with E-state index in [0.717, 1.165) is 65.3 Å². The summed E-state index contributed by atoms with van der Waals surface area (Å²) in [7, 11) is 0. The Balaban J connectivity index is 1.46. The third-order valence-corrected chi connectivity index (χ3v) is 8.22. The Morgan fingerprint density at radius 2 is 0.705 bits per heavy atom. The van der Waals surface area contributed by atoms with Crippen LogP contribution in [0, 0.1) is 0 Å². The topological polar surface area (TPSA) is 77.8 Å². The van der Waals surface area contributed by atoms with Crippen LogP contribution in [0.5, 0.6) is 0 Å². The van der Waals surface area contributed by atoms with Gasteiger partial charge in [-0.1, -0.05) is 109 Å². The quantitative estimate of drug-likeness (QED) is 0.197. The number of rotatable bonds is 4. The average molecular weight is 567 g/mol. The molecule has 0 spiro atoms. The molecule has 9 aromatic rings. The standard InChI is InChI=1S/C38H22N4O2/c1-3-13-25(14-4-1)35-39-41-37(43-35)33-29-21-19-23-11-7-9-17-27(23)31(29)32-28-18-10-8-12-24(28)20-22-30(32)34(33)38-42-40-36(44-38)26-15-5-2-6-16-26/h1-22H. The molecule has 0 aliphatic carbocycles. The van der Waals surface area contributed by atoms with Crippen molar-refractivity contribution >= 4 is 43.1 Å². The van der Waals surface area contributed by atoms with Gasteiger partial charge in [-0.2, -0.15) is 0 Å². The zero-order valence-corrected chi connectivity index (χ0v) is 23.3. The van der Waals surface area contributed by atoms with Gasteiger partial charge in [-0.05, 0) is 67.4 Å². The fourth-order valence-electron chi connectivity index (χ4n) is 6.26. The van der Waals surface area contributed by atoms with Crippen molar-refractivity contribution in [3.8, 4) is 45.8 Å². The van der Waals surface area contributed by atoms with Gasteiger partial charge in [-0.3, -0.25) is 0 Å². The predicted molar refractivity (Wildman–Crippen MR) is 174 cm³/mol. The highest BCUT2D eigenvalue weighted by molar-refractivity contribution is 6.33. The summed E-state index contributed by atoms with van der Waals surface area (Å²) in [6.07, 6.45) is 0. The minimum atomic E-state index is 0.383. The van der Waals surface area contributed by atoms with Crippen molar-refractivity contribution < 1.29 is 8.83 Å². The average Bonchev–Trinajstić information content (AvgIpc) is 3.79. The normalized spacial score (nSPS) is 11.6. The van der Waals surface area contributed by atoms with Crippen LogP contribution in [0.25, 0.3) is 88.9 Å². The maximum absolute atomic E-state index is 6.45. The highest BCUT2D eigenvalue weighted by Crippen LogP contribution is 2.48. The molecule has 0 aliphatic rings. The highest BCUT2D eigenvalue weighted by atomic mass is 16.4. The van der Waals surface area contributed by atoms with Crippen LogP contribution in [0.3, 0.4) is 0 Å². The molecule has 0 saturated carbocycles. The van der Waals surface area contributed by atoms with Gasteiger partial charge in [0, 0.05) is 11.1 Å². The summed E-state index contributed by atoms with van der Waals surface area (Å²) in [6, 6.07) is 45.1. The van der Waals surface area contributed by atoms with Crippen LogP contribution in [-0.2, 0) is 0 Å². The molecule has 6 nitrogen and oxygen atoms in total. The molecule has 2 heterocycles.